The molecule has 0 aliphatic heterocycles. The van der Waals surface area contributed by atoms with Crippen LogP contribution >= 0.6 is 0 Å². The second-order valence-electron chi connectivity index (χ2n) is 5.96. The Morgan fingerprint density at radius 2 is 1.88 bits per heavy atom. The zero-order chi connectivity index (χ0) is 16.8. The third kappa shape index (κ3) is 4.05. The van der Waals surface area contributed by atoms with Gasteiger partial charge in [-0.1, -0.05) is 42.5 Å². The molecular weight excluding hydrogens is 300 g/mol. The lowest BCUT2D eigenvalue weighted by Gasteiger charge is -2.20. The van der Waals surface area contributed by atoms with E-state index in [-0.39, 0.29) is 5.97 Å². The summed E-state index contributed by atoms with van der Waals surface area (Å²) in [5, 5.41) is 0. The van der Waals surface area contributed by atoms with Crippen LogP contribution in [0.5, 0.6) is 0 Å². The van der Waals surface area contributed by atoms with Crippen molar-refractivity contribution in [2.45, 2.75) is 32.3 Å². The molecular formula is C21H22O3. The van der Waals surface area contributed by atoms with Crippen LogP contribution in [0.2, 0.25) is 0 Å². The van der Waals surface area contributed by atoms with Crippen molar-refractivity contribution in [1.29, 1.82) is 0 Å². The number of benzene rings is 1. The van der Waals surface area contributed by atoms with E-state index in [0.29, 0.717) is 6.61 Å². The molecule has 3 nitrogen and oxygen atoms in total. The minimum absolute atomic E-state index is 0.227. The lowest BCUT2D eigenvalue weighted by atomic mass is 9.89. The predicted molar refractivity (Wildman–Crippen MR) is 94.0 cm³/mol. The molecule has 1 aromatic rings. The summed E-state index contributed by atoms with van der Waals surface area (Å²) in [5.41, 5.74) is 4.51. The van der Waals surface area contributed by atoms with Crippen LogP contribution in [0.4, 0.5) is 0 Å². The van der Waals surface area contributed by atoms with E-state index in [1.807, 2.05) is 30.4 Å². The van der Waals surface area contributed by atoms with Crippen LogP contribution in [-0.4, -0.2) is 13.1 Å². The van der Waals surface area contributed by atoms with E-state index in [0.717, 1.165) is 37.0 Å². The molecule has 2 aliphatic rings. The minimum atomic E-state index is -0.227. The van der Waals surface area contributed by atoms with Gasteiger partial charge < -0.3 is 9.47 Å². The summed E-state index contributed by atoms with van der Waals surface area (Å²) < 4.78 is 10.7. The fourth-order valence-corrected chi connectivity index (χ4v) is 2.97. The monoisotopic (exact) mass is 322 g/mol. The van der Waals surface area contributed by atoms with E-state index in [2.05, 4.69) is 24.3 Å². The quantitative estimate of drug-likeness (QED) is 0.742. The van der Waals surface area contributed by atoms with E-state index in [1.54, 1.807) is 0 Å². The molecule has 0 saturated carbocycles. The number of allylic oxidation sites excluding steroid dienone is 6. The number of esters is 1. The Morgan fingerprint density at radius 3 is 2.58 bits per heavy atom. The Labute approximate surface area is 143 Å². The number of rotatable bonds is 5. The third-order valence-electron chi connectivity index (χ3n) is 4.33. The van der Waals surface area contributed by atoms with E-state index in [9.17, 15) is 4.79 Å². The summed E-state index contributed by atoms with van der Waals surface area (Å²) in [7, 11) is 1.42. The van der Waals surface area contributed by atoms with Crippen molar-refractivity contribution in [3.8, 4) is 0 Å². The molecule has 0 aromatic heterocycles. The largest absolute Gasteiger partial charge is 0.489 e. The number of carbonyl (C=O) groups excluding carboxylic acids is 1. The molecule has 0 saturated heterocycles. The molecule has 0 atom stereocenters. The maximum absolute atomic E-state index is 11.6. The zero-order valence-corrected chi connectivity index (χ0v) is 14.0. The SMILES string of the molecule is COC(=O)C1=CC=C(C2=CC(OCc3ccccc3)=CCC2)CC1. The van der Waals surface area contributed by atoms with Crippen molar-refractivity contribution in [2.24, 2.45) is 0 Å². The summed E-state index contributed by atoms with van der Waals surface area (Å²) in [6.07, 6.45) is 11.8. The van der Waals surface area contributed by atoms with Crippen LogP contribution in [-0.2, 0) is 20.9 Å². The first kappa shape index (κ1) is 16.3. The third-order valence-corrected chi connectivity index (χ3v) is 4.33. The van der Waals surface area contributed by atoms with Crippen molar-refractivity contribution in [3.05, 3.63) is 82.7 Å². The molecule has 3 rings (SSSR count). The molecule has 0 amide bonds. The van der Waals surface area contributed by atoms with E-state index in [1.165, 1.54) is 23.8 Å². The zero-order valence-electron chi connectivity index (χ0n) is 14.0. The molecule has 0 heterocycles. The molecule has 0 fully saturated rings. The first-order valence-corrected chi connectivity index (χ1v) is 8.32. The fourth-order valence-electron chi connectivity index (χ4n) is 2.97. The van der Waals surface area contributed by atoms with Gasteiger partial charge in [0.2, 0.25) is 0 Å². The van der Waals surface area contributed by atoms with E-state index < -0.39 is 0 Å². The Balaban J connectivity index is 1.65. The number of hydrogen-bond donors (Lipinski definition) is 0. The van der Waals surface area contributed by atoms with E-state index >= 15 is 0 Å². The molecule has 0 unspecified atom stereocenters. The average molecular weight is 322 g/mol. The van der Waals surface area contributed by atoms with Crippen LogP contribution in [0.15, 0.2) is 77.1 Å². The second kappa shape index (κ2) is 7.82. The molecule has 2 aliphatic carbocycles. The maximum atomic E-state index is 11.6. The summed E-state index contributed by atoms with van der Waals surface area (Å²) in [4.78, 5) is 11.6. The lowest BCUT2D eigenvalue weighted by molar-refractivity contribution is -0.136. The Hall–Kier alpha value is -2.55. The van der Waals surface area contributed by atoms with Crippen molar-refractivity contribution in [3.63, 3.8) is 0 Å². The maximum Gasteiger partial charge on any atom is 0.333 e. The van der Waals surface area contributed by atoms with Crippen molar-refractivity contribution in [1.82, 2.24) is 0 Å². The first-order valence-electron chi connectivity index (χ1n) is 8.32. The van der Waals surface area contributed by atoms with Crippen LogP contribution in [0, 0.1) is 0 Å². The van der Waals surface area contributed by atoms with Crippen LogP contribution in [0.1, 0.15) is 31.2 Å². The Bertz CT molecular complexity index is 721. The smallest absolute Gasteiger partial charge is 0.333 e. The number of methoxy groups -OCH3 is 1. The van der Waals surface area contributed by atoms with Crippen molar-refractivity contribution < 1.29 is 14.3 Å². The van der Waals surface area contributed by atoms with Gasteiger partial charge in [0.25, 0.3) is 0 Å². The fraction of sp³-hybridized carbons (Fsp3) is 0.286. The van der Waals surface area contributed by atoms with Gasteiger partial charge in [0.15, 0.2) is 0 Å². The molecule has 0 spiro atoms. The molecule has 1 aromatic carbocycles. The predicted octanol–water partition coefficient (Wildman–Crippen LogP) is 4.63. The molecule has 0 bridgehead atoms. The highest BCUT2D eigenvalue weighted by Gasteiger charge is 2.17. The highest BCUT2D eigenvalue weighted by Crippen LogP contribution is 2.31. The topological polar surface area (TPSA) is 35.5 Å². The normalized spacial score (nSPS) is 17.2. The number of carbonyl (C=O) groups is 1. The summed E-state index contributed by atoms with van der Waals surface area (Å²) in [6, 6.07) is 10.2. The highest BCUT2D eigenvalue weighted by atomic mass is 16.5. The minimum Gasteiger partial charge on any atom is -0.489 e. The van der Waals surface area contributed by atoms with Gasteiger partial charge in [0.1, 0.15) is 12.4 Å². The summed E-state index contributed by atoms with van der Waals surface area (Å²) in [6.45, 7) is 0.585. The van der Waals surface area contributed by atoms with Gasteiger partial charge >= 0.3 is 5.97 Å². The molecule has 24 heavy (non-hydrogen) atoms. The van der Waals surface area contributed by atoms with Gasteiger partial charge in [-0.05, 0) is 54.5 Å². The summed E-state index contributed by atoms with van der Waals surface area (Å²) >= 11 is 0. The van der Waals surface area contributed by atoms with Gasteiger partial charge in [-0.25, -0.2) is 4.79 Å². The van der Waals surface area contributed by atoms with Crippen LogP contribution in [0.25, 0.3) is 0 Å². The average Bonchev–Trinajstić information content (AvgIpc) is 2.67. The molecule has 0 radical (unpaired) electrons. The van der Waals surface area contributed by atoms with Crippen LogP contribution in [0.3, 0.4) is 0 Å². The van der Waals surface area contributed by atoms with Gasteiger partial charge in [-0.2, -0.15) is 0 Å². The van der Waals surface area contributed by atoms with Crippen molar-refractivity contribution >= 4 is 5.97 Å². The summed E-state index contributed by atoms with van der Waals surface area (Å²) in [5.74, 6) is 0.707. The van der Waals surface area contributed by atoms with Gasteiger partial charge in [-0.3, -0.25) is 0 Å². The Kier molecular flexibility index (Phi) is 5.32. The van der Waals surface area contributed by atoms with Gasteiger partial charge in [-0.15, -0.1) is 0 Å². The molecule has 3 heteroatoms. The first-order chi connectivity index (χ1) is 11.8. The van der Waals surface area contributed by atoms with Gasteiger partial charge in [0, 0.05) is 5.57 Å². The molecule has 0 N–H and O–H groups in total. The highest BCUT2D eigenvalue weighted by molar-refractivity contribution is 5.89. The van der Waals surface area contributed by atoms with Gasteiger partial charge in [0.05, 0.1) is 7.11 Å². The van der Waals surface area contributed by atoms with Crippen LogP contribution < -0.4 is 0 Å². The lowest BCUT2D eigenvalue weighted by Crippen LogP contribution is -2.08. The molecule has 124 valence electrons. The standard InChI is InChI=1S/C21H22O3/c1-23-21(22)18-12-10-17(11-13-18)19-8-5-9-20(14-19)24-15-16-6-3-2-4-7-16/h2-4,6-7,9-10,12,14H,5,8,11,13,15H2,1H3. The number of hydrogen-bond acceptors (Lipinski definition) is 3. The van der Waals surface area contributed by atoms with E-state index in [4.69, 9.17) is 9.47 Å². The second-order valence-corrected chi connectivity index (χ2v) is 5.96. The number of ether oxygens (including phenoxy) is 2. The van der Waals surface area contributed by atoms with Crippen molar-refractivity contribution in [2.75, 3.05) is 7.11 Å². The Morgan fingerprint density at radius 1 is 1.04 bits per heavy atom.